The van der Waals surface area contributed by atoms with Gasteiger partial charge in [-0.05, 0) is 44.6 Å². The minimum Gasteiger partial charge on any atom is -0.510 e. The zero-order valence-corrected chi connectivity index (χ0v) is 14.5. The van der Waals surface area contributed by atoms with Crippen LogP contribution in [-0.2, 0) is 5.41 Å². The van der Waals surface area contributed by atoms with Crippen molar-refractivity contribution in [2.45, 2.75) is 49.3 Å². The minimum absolute atomic E-state index is 0.0535. The van der Waals surface area contributed by atoms with Gasteiger partial charge in [0.05, 0.1) is 0 Å². The Morgan fingerprint density at radius 1 is 1.28 bits per heavy atom. The van der Waals surface area contributed by atoms with E-state index in [0.717, 1.165) is 24.1 Å². The molecule has 2 heterocycles. The zero-order valence-electron chi connectivity index (χ0n) is 14.5. The Morgan fingerprint density at radius 3 is 2.72 bits per heavy atom. The van der Waals surface area contributed by atoms with E-state index in [1.807, 2.05) is 0 Å². The van der Waals surface area contributed by atoms with Crippen molar-refractivity contribution >= 4 is 0 Å². The van der Waals surface area contributed by atoms with E-state index in [4.69, 9.17) is 4.74 Å². The van der Waals surface area contributed by atoms with Crippen LogP contribution in [0.1, 0.15) is 37.3 Å². The Morgan fingerprint density at radius 2 is 2.00 bits per heavy atom. The van der Waals surface area contributed by atoms with Gasteiger partial charge in [0, 0.05) is 28.4 Å². The van der Waals surface area contributed by atoms with E-state index in [9.17, 15) is 20.4 Å². The molecule has 6 nitrogen and oxygen atoms in total. The number of aromatic hydroxyl groups is 2. The van der Waals surface area contributed by atoms with Crippen LogP contribution in [0.3, 0.4) is 0 Å². The molecule has 0 radical (unpaired) electrons. The number of phenolic OH excluding ortho intramolecular Hbond substituents is 2. The molecule has 1 spiro atoms. The molecule has 1 saturated heterocycles. The number of likely N-dealkylation sites (N-methyl/N-ethyl adjacent to an activating group) is 1. The van der Waals surface area contributed by atoms with Crippen LogP contribution in [0.5, 0.6) is 17.2 Å². The highest BCUT2D eigenvalue weighted by atomic mass is 16.5. The quantitative estimate of drug-likeness (QED) is 0.535. The largest absolute Gasteiger partial charge is 0.510 e. The number of nitrogens with zero attached hydrogens (tertiary/aromatic N) is 1. The maximum Gasteiger partial charge on any atom is 0.200 e. The second kappa shape index (κ2) is 4.24. The van der Waals surface area contributed by atoms with Crippen LogP contribution in [0, 0.1) is 5.92 Å². The number of aliphatic hydroxyl groups is 2. The molecule has 25 heavy (non-hydrogen) atoms. The number of likely N-dealkylation sites (tertiary alicyclic amines) is 1. The van der Waals surface area contributed by atoms with E-state index < -0.39 is 17.6 Å². The Hall–Kier alpha value is -1.92. The average Bonchev–Trinajstić information content (AvgIpc) is 2.92. The van der Waals surface area contributed by atoms with E-state index in [0.29, 0.717) is 0 Å². The number of hydrogen-bond acceptors (Lipinski definition) is 6. The second-order valence-corrected chi connectivity index (χ2v) is 8.25. The first-order valence-electron chi connectivity index (χ1n) is 8.80. The topological polar surface area (TPSA) is 93.4 Å². The molecule has 6 heteroatoms. The lowest BCUT2D eigenvalue weighted by atomic mass is 9.46. The fourth-order valence-corrected chi connectivity index (χ4v) is 6.07. The van der Waals surface area contributed by atoms with Crippen LogP contribution in [0.2, 0.25) is 0 Å². The molecule has 0 amide bonds. The molecule has 4 aliphatic rings. The highest BCUT2D eigenvalue weighted by Crippen LogP contribution is 2.69. The van der Waals surface area contributed by atoms with Crippen molar-refractivity contribution in [2.24, 2.45) is 5.92 Å². The second-order valence-electron chi connectivity index (χ2n) is 8.25. The first kappa shape index (κ1) is 15.3. The summed E-state index contributed by atoms with van der Waals surface area (Å²) in [6, 6.07) is 1.64. The van der Waals surface area contributed by atoms with Gasteiger partial charge in [-0.15, -0.1) is 0 Å². The molecule has 0 saturated carbocycles. The van der Waals surface area contributed by atoms with E-state index in [-0.39, 0.29) is 40.4 Å². The summed E-state index contributed by atoms with van der Waals surface area (Å²) >= 11 is 0. The summed E-state index contributed by atoms with van der Waals surface area (Å²) in [4.78, 5) is 2.30. The Balaban J connectivity index is 1.92. The molecule has 6 atom stereocenters. The third kappa shape index (κ3) is 1.39. The number of benzene rings is 1. The lowest BCUT2D eigenvalue weighted by Crippen LogP contribution is -2.71. The predicted molar refractivity (Wildman–Crippen MR) is 90.1 cm³/mol. The Bertz CT molecular complexity index is 836. The minimum atomic E-state index is -1.14. The van der Waals surface area contributed by atoms with Crippen LogP contribution < -0.4 is 4.74 Å². The van der Waals surface area contributed by atoms with Crippen molar-refractivity contribution in [2.75, 3.05) is 13.6 Å². The highest BCUT2D eigenvalue weighted by molar-refractivity contribution is 5.67. The first-order valence-corrected chi connectivity index (χ1v) is 8.80. The lowest BCUT2D eigenvalue weighted by Gasteiger charge is -2.64. The van der Waals surface area contributed by atoms with Gasteiger partial charge in [-0.1, -0.05) is 6.92 Å². The number of aliphatic hydroxyl groups excluding tert-OH is 2. The lowest BCUT2D eigenvalue weighted by molar-refractivity contribution is -0.102. The van der Waals surface area contributed by atoms with Gasteiger partial charge in [-0.25, -0.2) is 0 Å². The van der Waals surface area contributed by atoms with Crippen LogP contribution in [0.25, 0.3) is 0 Å². The maximum absolute atomic E-state index is 10.6. The van der Waals surface area contributed by atoms with Crippen molar-refractivity contribution in [1.29, 1.82) is 0 Å². The van der Waals surface area contributed by atoms with Crippen molar-refractivity contribution in [3.05, 3.63) is 29.0 Å². The van der Waals surface area contributed by atoms with Gasteiger partial charge < -0.3 is 25.2 Å². The number of rotatable bonds is 0. The molecular weight excluding hydrogens is 322 g/mol. The van der Waals surface area contributed by atoms with Crippen molar-refractivity contribution in [3.63, 3.8) is 0 Å². The molecule has 2 aliphatic carbocycles. The van der Waals surface area contributed by atoms with Gasteiger partial charge in [0.25, 0.3) is 0 Å². The summed E-state index contributed by atoms with van der Waals surface area (Å²) < 4.78 is 6.02. The predicted octanol–water partition coefficient (Wildman–Crippen LogP) is 1.74. The molecule has 4 N–H and O–H groups in total. The molecule has 1 fully saturated rings. The summed E-state index contributed by atoms with van der Waals surface area (Å²) in [5.41, 5.74) is 1.06. The van der Waals surface area contributed by atoms with Crippen LogP contribution in [-0.4, -0.2) is 56.7 Å². The molecule has 2 bridgehead atoms. The van der Waals surface area contributed by atoms with Gasteiger partial charge in [0.1, 0.15) is 18.0 Å². The van der Waals surface area contributed by atoms with Gasteiger partial charge >= 0.3 is 0 Å². The Labute approximate surface area is 146 Å². The molecular formula is C19H23NO5. The molecule has 5 rings (SSSR count). The van der Waals surface area contributed by atoms with Crippen molar-refractivity contribution < 1.29 is 25.2 Å². The van der Waals surface area contributed by atoms with Gasteiger partial charge in [-0.3, -0.25) is 4.90 Å². The molecule has 1 aromatic carbocycles. The molecule has 134 valence electrons. The average molecular weight is 345 g/mol. The number of phenols is 2. The maximum atomic E-state index is 10.6. The highest BCUT2D eigenvalue weighted by Gasteiger charge is 2.70. The summed E-state index contributed by atoms with van der Waals surface area (Å²) in [6.07, 6.45) is 0.744. The fourth-order valence-electron chi connectivity index (χ4n) is 6.07. The molecule has 2 aliphatic heterocycles. The smallest absolute Gasteiger partial charge is 0.200 e. The summed E-state index contributed by atoms with van der Waals surface area (Å²) in [5.74, 6) is -0.282. The van der Waals surface area contributed by atoms with E-state index >= 15 is 0 Å². The molecule has 1 unspecified atom stereocenters. The number of ether oxygens (including phenoxy) is 1. The van der Waals surface area contributed by atoms with Crippen LogP contribution >= 0.6 is 0 Å². The van der Waals surface area contributed by atoms with Gasteiger partial charge in [0.15, 0.2) is 11.5 Å². The molecule has 1 aromatic rings. The van der Waals surface area contributed by atoms with Crippen LogP contribution in [0.15, 0.2) is 17.9 Å². The Kier molecular flexibility index (Phi) is 2.61. The first-order chi connectivity index (χ1) is 11.7. The monoisotopic (exact) mass is 345 g/mol. The third-order valence-electron chi connectivity index (χ3n) is 7.62. The molecule has 0 aromatic heterocycles. The van der Waals surface area contributed by atoms with Crippen molar-refractivity contribution in [1.82, 2.24) is 4.90 Å². The number of piperidine rings is 1. The normalized spacial score (nSPS) is 44.1. The van der Waals surface area contributed by atoms with Gasteiger partial charge in [0.2, 0.25) is 5.75 Å². The third-order valence-corrected chi connectivity index (χ3v) is 7.62. The zero-order chi connectivity index (χ0) is 17.9. The van der Waals surface area contributed by atoms with E-state index in [1.54, 1.807) is 12.1 Å². The van der Waals surface area contributed by atoms with Crippen LogP contribution in [0.4, 0.5) is 0 Å². The summed E-state index contributed by atoms with van der Waals surface area (Å²) in [5, 5.41) is 41.7. The SMILES string of the molecule is CC1c2cc(O)c(O)c3c2[C@]24CCN(C)[C@@]1(C)[C@@H]2C=C(O)[C@H](O)[C@@H]4O3. The van der Waals surface area contributed by atoms with E-state index in [2.05, 4.69) is 25.8 Å². The number of hydrogen-bond donors (Lipinski definition) is 4. The van der Waals surface area contributed by atoms with Crippen molar-refractivity contribution in [3.8, 4) is 17.2 Å². The summed E-state index contributed by atoms with van der Waals surface area (Å²) in [6.45, 7) is 5.12. The van der Waals surface area contributed by atoms with E-state index in [1.165, 1.54) is 0 Å². The van der Waals surface area contributed by atoms with Gasteiger partial charge in [-0.2, -0.15) is 0 Å². The summed E-state index contributed by atoms with van der Waals surface area (Å²) in [7, 11) is 2.08. The fraction of sp³-hybridized carbons (Fsp3) is 0.579. The standard InChI is InChI=1S/C19H23NO5/c1-8-9-6-10(21)14(23)16-13(9)19-4-5-20(3)18(8,2)12(19)7-11(22)15(24)17(19)25-16/h6-8,12,15,17,21-24H,4-5H2,1-3H3/t8?,12-,15-,17-,18+,19-/m0/s1.